The van der Waals surface area contributed by atoms with Gasteiger partial charge in [0.25, 0.3) is 17.6 Å². The molecular formula is C22H18BrFN4O3. The van der Waals surface area contributed by atoms with Crippen molar-refractivity contribution in [3.05, 3.63) is 64.3 Å². The Morgan fingerprint density at radius 1 is 1.13 bits per heavy atom. The first-order valence-corrected chi connectivity index (χ1v) is 10.7. The van der Waals surface area contributed by atoms with Crippen LogP contribution >= 0.6 is 15.9 Å². The number of hydrogen-bond donors (Lipinski definition) is 1. The average molecular weight is 485 g/mol. The van der Waals surface area contributed by atoms with E-state index in [1.54, 1.807) is 12.1 Å². The van der Waals surface area contributed by atoms with Gasteiger partial charge in [0.2, 0.25) is 0 Å². The lowest BCUT2D eigenvalue weighted by atomic mass is 10.0. The normalized spacial score (nSPS) is 17.2. The number of piperazine rings is 1. The number of benzene rings is 1. The third kappa shape index (κ3) is 3.23. The highest BCUT2D eigenvalue weighted by molar-refractivity contribution is 9.10. The summed E-state index contributed by atoms with van der Waals surface area (Å²) in [5, 5.41) is 0.0410. The van der Waals surface area contributed by atoms with Crippen LogP contribution in [-0.4, -0.2) is 62.5 Å². The van der Waals surface area contributed by atoms with Gasteiger partial charge in [-0.25, -0.2) is 9.37 Å². The first kappa shape index (κ1) is 19.9. The van der Waals surface area contributed by atoms with Crippen LogP contribution in [0.25, 0.3) is 10.9 Å². The summed E-state index contributed by atoms with van der Waals surface area (Å²) in [7, 11) is 0. The van der Waals surface area contributed by atoms with Gasteiger partial charge in [0.1, 0.15) is 4.60 Å². The van der Waals surface area contributed by atoms with E-state index in [1.165, 1.54) is 11.1 Å². The van der Waals surface area contributed by atoms with E-state index in [9.17, 15) is 18.8 Å². The maximum atomic E-state index is 14.3. The van der Waals surface area contributed by atoms with Gasteiger partial charge in [-0.05, 0) is 40.9 Å². The van der Waals surface area contributed by atoms with Gasteiger partial charge < -0.3 is 14.8 Å². The molecule has 1 saturated heterocycles. The molecule has 1 aliphatic heterocycles. The third-order valence-corrected chi connectivity index (χ3v) is 6.69. The number of rotatable bonds is 3. The number of aromatic nitrogens is 2. The summed E-state index contributed by atoms with van der Waals surface area (Å²) in [5.41, 5.74) is 0.485. The number of halogens is 2. The molecule has 7 nitrogen and oxygen atoms in total. The van der Waals surface area contributed by atoms with Gasteiger partial charge in [-0.2, -0.15) is 0 Å². The molecule has 0 unspecified atom stereocenters. The summed E-state index contributed by atoms with van der Waals surface area (Å²) in [6.45, 7) is 0.900. The molecule has 31 heavy (non-hydrogen) atoms. The third-order valence-electron chi connectivity index (χ3n) is 6.09. The van der Waals surface area contributed by atoms with Crippen molar-refractivity contribution >= 4 is 44.4 Å². The number of ketones is 1. The largest absolute Gasteiger partial charge is 0.358 e. The summed E-state index contributed by atoms with van der Waals surface area (Å²) < 4.78 is 14.7. The van der Waals surface area contributed by atoms with Crippen LogP contribution in [0.3, 0.4) is 0 Å². The summed E-state index contributed by atoms with van der Waals surface area (Å²) in [6.07, 6.45) is 3.91. The molecule has 1 spiro atoms. The van der Waals surface area contributed by atoms with Gasteiger partial charge in [0.05, 0.1) is 28.2 Å². The molecule has 2 aromatic heterocycles. The minimum absolute atomic E-state index is 0.0201. The number of Topliss-reactive ketones (excluding diaryl/α,β-unsaturated/α-hetero) is 1. The van der Waals surface area contributed by atoms with Gasteiger partial charge in [-0.1, -0.05) is 18.2 Å². The summed E-state index contributed by atoms with van der Waals surface area (Å²) in [6, 6.07) is 9.04. The molecule has 1 aromatic carbocycles. The Morgan fingerprint density at radius 3 is 2.58 bits per heavy atom. The van der Waals surface area contributed by atoms with Crippen molar-refractivity contribution in [3.63, 3.8) is 0 Å². The van der Waals surface area contributed by atoms with E-state index in [4.69, 9.17) is 0 Å². The van der Waals surface area contributed by atoms with Gasteiger partial charge in [0.15, 0.2) is 5.82 Å². The van der Waals surface area contributed by atoms with Crippen LogP contribution in [0.2, 0.25) is 0 Å². The van der Waals surface area contributed by atoms with E-state index < -0.39 is 23.0 Å². The Hall–Kier alpha value is -3.07. The Bertz CT molecular complexity index is 1220. The molecule has 0 bridgehead atoms. The van der Waals surface area contributed by atoms with Gasteiger partial charge >= 0.3 is 0 Å². The maximum absolute atomic E-state index is 14.3. The predicted molar refractivity (Wildman–Crippen MR) is 114 cm³/mol. The summed E-state index contributed by atoms with van der Waals surface area (Å²) >= 11 is 3.22. The quantitative estimate of drug-likeness (QED) is 0.351. The van der Waals surface area contributed by atoms with Crippen LogP contribution in [-0.2, 0) is 4.79 Å². The van der Waals surface area contributed by atoms with Gasteiger partial charge in [-0.3, -0.25) is 14.4 Å². The highest BCUT2D eigenvalue weighted by Crippen LogP contribution is 2.45. The van der Waals surface area contributed by atoms with Crippen LogP contribution in [0.5, 0.6) is 0 Å². The molecule has 5 rings (SSSR count). The fourth-order valence-electron chi connectivity index (χ4n) is 4.29. The summed E-state index contributed by atoms with van der Waals surface area (Å²) in [4.78, 5) is 48.9. The van der Waals surface area contributed by atoms with Crippen molar-refractivity contribution in [1.82, 2.24) is 19.8 Å². The van der Waals surface area contributed by atoms with Crippen molar-refractivity contribution in [2.24, 2.45) is 0 Å². The molecule has 158 valence electrons. The van der Waals surface area contributed by atoms with Gasteiger partial charge in [-0.15, -0.1) is 0 Å². The zero-order valence-corrected chi connectivity index (χ0v) is 18.0. The highest BCUT2D eigenvalue weighted by atomic mass is 79.9. The molecule has 0 atom stereocenters. The minimum Gasteiger partial charge on any atom is -0.358 e. The van der Waals surface area contributed by atoms with Crippen LogP contribution < -0.4 is 0 Å². The highest BCUT2D eigenvalue weighted by Gasteiger charge is 2.54. The second-order valence-corrected chi connectivity index (χ2v) is 8.70. The fourth-order valence-corrected chi connectivity index (χ4v) is 4.71. The number of amides is 2. The SMILES string of the molecule is O=C(C(=O)N1CCN(C(=O)c2ccccc2)C2(CC2)C1)c1c[nH]c2c(Br)ncc(F)c12. The minimum atomic E-state index is -0.776. The molecule has 3 aromatic rings. The lowest BCUT2D eigenvalue weighted by Crippen LogP contribution is -2.59. The first-order valence-electron chi connectivity index (χ1n) is 9.93. The fraction of sp³-hybridized carbons (Fsp3) is 0.273. The number of pyridine rings is 1. The van der Waals surface area contributed by atoms with Crippen molar-refractivity contribution < 1.29 is 18.8 Å². The van der Waals surface area contributed by atoms with Crippen molar-refractivity contribution in [2.45, 2.75) is 18.4 Å². The smallest absolute Gasteiger partial charge is 0.295 e. The maximum Gasteiger partial charge on any atom is 0.295 e. The Morgan fingerprint density at radius 2 is 1.87 bits per heavy atom. The number of carbonyl (C=O) groups excluding carboxylic acids is 3. The van der Waals surface area contributed by atoms with Crippen molar-refractivity contribution in [1.29, 1.82) is 0 Å². The first-order chi connectivity index (χ1) is 14.9. The molecule has 3 heterocycles. The zero-order chi connectivity index (χ0) is 21.8. The monoisotopic (exact) mass is 484 g/mol. The number of nitrogens with one attached hydrogen (secondary N) is 1. The van der Waals surface area contributed by atoms with Crippen molar-refractivity contribution in [3.8, 4) is 0 Å². The number of fused-ring (bicyclic) bond motifs is 1. The molecule has 2 aliphatic rings. The molecule has 1 saturated carbocycles. The van der Waals surface area contributed by atoms with E-state index in [-0.39, 0.29) is 23.4 Å². The van der Waals surface area contributed by atoms with E-state index in [0.717, 1.165) is 19.0 Å². The Labute approximate surface area is 185 Å². The second-order valence-electron chi connectivity index (χ2n) is 7.95. The molecule has 1 aliphatic carbocycles. The topological polar surface area (TPSA) is 86.4 Å². The van der Waals surface area contributed by atoms with Crippen molar-refractivity contribution in [2.75, 3.05) is 19.6 Å². The van der Waals surface area contributed by atoms with Crippen LogP contribution in [0.1, 0.15) is 33.6 Å². The second kappa shape index (κ2) is 7.26. The Kier molecular flexibility index (Phi) is 4.65. The number of carbonyl (C=O) groups is 3. The molecule has 2 fully saturated rings. The van der Waals surface area contributed by atoms with Crippen LogP contribution in [0.4, 0.5) is 4.39 Å². The van der Waals surface area contributed by atoms with Crippen LogP contribution in [0, 0.1) is 5.82 Å². The lowest BCUT2D eigenvalue weighted by Gasteiger charge is -2.42. The number of hydrogen-bond acceptors (Lipinski definition) is 4. The number of nitrogens with zero attached hydrogens (tertiary/aromatic N) is 3. The van der Waals surface area contributed by atoms with E-state index >= 15 is 0 Å². The van der Waals surface area contributed by atoms with Gasteiger partial charge in [0, 0.05) is 31.4 Å². The molecule has 2 amide bonds. The van der Waals surface area contributed by atoms with E-state index in [2.05, 4.69) is 25.9 Å². The number of H-pyrrole nitrogens is 1. The van der Waals surface area contributed by atoms with Crippen LogP contribution in [0.15, 0.2) is 47.3 Å². The number of aromatic amines is 1. The summed E-state index contributed by atoms with van der Waals surface area (Å²) in [5.74, 6) is -2.20. The Balaban J connectivity index is 1.37. The molecule has 9 heteroatoms. The molecule has 1 N–H and O–H groups in total. The molecule has 0 radical (unpaired) electrons. The zero-order valence-electron chi connectivity index (χ0n) is 16.4. The van der Waals surface area contributed by atoms with E-state index in [0.29, 0.717) is 28.8 Å². The predicted octanol–water partition coefficient (Wildman–Crippen LogP) is 3.16. The lowest BCUT2D eigenvalue weighted by molar-refractivity contribution is -0.129. The average Bonchev–Trinajstić information content (AvgIpc) is 3.39. The van der Waals surface area contributed by atoms with E-state index in [1.807, 2.05) is 23.1 Å². The molecular weight excluding hydrogens is 467 g/mol. The standard InChI is InChI=1S/C22H18BrFN4O3/c23-19-17-16(15(24)11-26-19)14(10-25-17)18(29)21(31)27-8-9-28(22(12-27)6-7-22)20(30)13-4-2-1-3-5-13/h1-5,10-11,25H,6-9,12H2.